The molecule has 0 saturated heterocycles. The van der Waals surface area contributed by atoms with Crippen molar-refractivity contribution < 1.29 is 90.6 Å². The summed E-state index contributed by atoms with van der Waals surface area (Å²) in [6.45, 7) is 1.11. The second-order valence-corrected chi connectivity index (χ2v) is 18.7. The summed E-state index contributed by atoms with van der Waals surface area (Å²) in [5.74, 6) is -1.36. The van der Waals surface area contributed by atoms with Crippen LogP contribution in [-0.4, -0.2) is 114 Å². The van der Waals surface area contributed by atoms with Gasteiger partial charge in [0.15, 0.2) is 6.10 Å². The molecule has 0 aromatic rings. The maximum atomic E-state index is 13.0. The molecule has 8 N–H and O–H groups in total. The molecule has 0 bridgehead atoms. The van der Waals surface area contributed by atoms with E-state index in [9.17, 15) is 63.1 Å². The highest BCUT2D eigenvalue weighted by Crippen LogP contribution is 2.51. The van der Waals surface area contributed by atoms with Gasteiger partial charge in [-0.05, 0) is 24.8 Å². The minimum Gasteiger partial charge on any atom is -0.462 e. The van der Waals surface area contributed by atoms with Crippen molar-refractivity contribution in [2.24, 2.45) is 5.11 Å². The second-order valence-electron chi connectivity index (χ2n) is 14.9. The molecule has 0 aromatic heterocycles. The first-order valence-corrected chi connectivity index (χ1v) is 25.4. The summed E-state index contributed by atoms with van der Waals surface area (Å²) in [6.07, 6.45) is 3.43. The van der Waals surface area contributed by atoms with Crippen LogP contribution in [0, 0.1) is 0 Å². The number of carbonyl (C=O) groups is 2. The van der Waals surface area contributed by atoms with Crippen molar-refractivity contribution in [1.29, 1.82) is 0 Å². The lowest BCUT2D eigenvalue weighted by molar-refractivity contribution is -0.213. The fourth-order valence-electron chi connectivity index (χ4n) is 6.50. The average Bonchev–Trinajstić information content (AvgIpc) is 3.16. The topological polar surface area (TPSA) is 351 Å². The van der Waals surface area contributed by atoms with Gasteiger partial charge in [0, 0.05) is 24.3 Å². The Morgan fingerprint density at radius 1 is 0.583 bits per heavy atom. The highest BCUT2D eigenvalue weighted by molar-refractivity contribution is 7.47. The van der Waals surface area contributed by atoms with Crippen LogP contribution in [0.5, 0.6) is 0 Å². The van der Waals surface area contributed by atoms with E-state index in [1.165, 1.54) is 44.9 Å². The number of aliphatic hydroxyl groups excluding tert-OH is 3. The van der Waals surface area contributed by atoms with E-state index in [0.29, 0.717) is 19.4 Å². The Morgan fingerprint density at radius 2 is 1.00 bits per heavy atom. The maximum Gasteiger partial charge on any atom is 0.472 e. The number of aliphatic hydroxyl groups is 3. The van der Waals surface area contributed by atoms with E-state index in [1.54, 1.807) is 0 Å². The van der Waals surface area contributed by atoms with Crippen molar-refractivity contribution in [2.75, 3.05) is 19.8 Å². The highest BCUT2D eigenvalue weighted by Gasteiger charge is 2.56. The molecular weight excluding hydrogens is 859 g/mol. The molecule has 4 unspecified atom stereocenters. The Hall–Kier alpha value is -1.54. The molecule has 8 atom stereocenters. The van der Waals surface area contributed by atoms with Gasteiger partial charge in [-0.15, -0.1) is 0 Å². The Bertz CT molecular complexity index is 1400. The van der Waals surface area contributed by atoms with Crippen LogP contribution in [0.1, 0.15) is 148 Å². The van der Waals surface area contributed by atoms with Gasteiger partial charge in [-0.25, -0.2) is 13.7 Å². The highest BCUT2D eigenvalue weighted by atomic mass is 31.2. The quantitative estimate of drug-likeness (QED) is 0.00904. The predicted molar refractivity (Wildman–Crippen MR) is 215 cm³/mol. The third-order valence-corrected chi connectivity index (χ3v) is 11.7. The molecule has 0 spiro atoms. The summed E-state index contributed by atoms with van der Waals surface area (Å²) >= 11 is 0. The number of unbranched alkanes of at least 4 members (excludes halogenated alkanes) is 18. The van der Waals surface area contributed by atoms with E-state index in [4.69, 9.17) is 24.1 Å². The number of ether oxygens (including phenoxy) is 2. The van der Waals surface area contributed by atoms with Crippen LogP contribution in [0.15, 0.2) is 5.11 Å². The van der Waals surface area contributed by atoms with E-state index in [-0.39, 0.29) is 12.8 Å². The summed E-state index contributed by atoms with van der Waals surface area (Å²) < 4.78 is 65.0. The zero-order valence-corrected chi connectivity index (χ0v) is 37.2. The first-order valence-electron chi connectivity index (χ1n) is 20.8. The number of nitrogens with zero attached hydrogens (tertiary/aromatic N) is 3. The molecule has 0 aromatic carbocycles. The van der Waals surface area contributed by atoms with Crippen molar-refractivity contribution in [1.82, 2.24) is 0 Å². The largest absolute Gasteiger partial charge is 0.472 e. The molecule has 0 aliphatic heterocycles. The van der Waals surface area contributed by atoms with E-state index in [2.05, 4.69) is 26.0 Å². The zero-order chi connectivity index (χ0) is 45.0. The lowest BCUT2D eigenvalue weighted by atomic mass is 9.85. The number of esters is 2. The van der Waals surface area contributed by atoms with E-state index < -0.39 is 91.3 Å². The first-order chi connectivity index (χ1) is 28.3. The average molecular weight is 928 g/mol. The standard InChI is InChI=1S/C35H68N3O19P3/c1-2-3-4-5-6-7-8-9-10-11-13-17-20-23-29(40)54-27(25-52-28(39)22-19-16-14-12-15-18-21-24-37-38-36)26-53-60(50,51)57-33-30(41)31(42)34(55-58(44,45)46)35(32(33)43)56-59(47,48)49/h27,30-35,41-43H,2-26H2,1H3,(H,50,51)(H2,44,45,46)(H2,47,48,49)/t27-,30?,31+,32-,33?,34?,35-/m1/s1. The lowest BCUT2D eigenvalue weighted by Gasteiger charge is -2.44. The van der Waals surface area contributed by atoms with Gasteiger partial charge in [-0.1, -0.05) is 121 Å². The zero-order valence-electron chi connectivity index (χ0n) is 34.5. The number of phosphoric acid groups is 3. The van der Waals surface area contributed by atoms with Crippen molar-refractivity contribution in [3.63, 3.8) is 0 Å². The fraction of sp³-hybridized carbons (Fsp3) is 0.943. The number of azide groups is 1. The predicted octanol–water partition coefficient (Wildman–Crippen LogP) is 5.91. The van der Waals surface area contributed by atoms with Crippen LogP contribution in [0.3, 0.4) is 0 Å². The van der Waals surface area contributed by atoms with Gasteiger partial charge in [0.25, 0.3) is 0 Å². The second kappa shape index (κ2) is 31.3. The van der Waals surface area contributed by atoms with Crippen LogP contribution in [0.25, 0.3) is 10.4 Å². The number of hydrogen-bond donors (Lipinski definition) is 8. The fourth-order valence-corrected chi connectivity index (χ4v) is 8.60. The van der Waals surface area contributed by atoms with E-state index in [0.717, 1.165) is 70.6 Å². The van der Waals surface area contributed by atoms with Gasteiger partial charge >= 0.3 is 35.4 Å². The van der Waals surface area contributed by atoms with Crippen LogP contribution >= 0.6 is 23.5 Å². The number of hydrogen-bond acceptors (Lipinski definition) is 15. The number of rotatable bonds is 36. The molecule has 352 valence electrons. The van der Waals surface area contributed by atoms with Gasteiger partial charge in [0.05, 0.1) is 6.61 Å². The van der Waals surface area contributed by atoms with Crippen LogP contribution in [-0.2, 0) is 50.9 Å². The summed E-state index contributed by atoms with van der Waals surface area (Å²) in [6, 6.07) is 0. The Kier molecular flexibility index (Phi) is 29.5. The molecule has 1 fully saturated rings. The molecule has 1 rings (SSSR count). The minimum absolute atomic E-state index is 0.0157. The molecule has 1 saturated carbocycles. The van der Waals surface area contributed by atoms with Crippen molar-refractivity contribution in [2.45, 2.75) is 191 Å². The van der Waals surface area contributed by atoms with E-state index >= 15 is 0 Å². The van der Waals surface area contributed by atoms with Crippen LogP contribution < -0.4 is 0 Å². The Morgan fingerprint density at radius 3 is 1.47 bits per heavy atom. The van der Waals surface area contributed by atoms with Gasteiger partial charge < -0.3 is 49.3 Å². The summed E-state index contributed by atoms with van der Waals surface area (Å²) in [4.78, 5) is 75.4. The third kappa shape index (κ3) is 27.5. The monoisotopic (exact) mass is 927 g/mol. The molecule has 1 aliphatic carbocycles. The van der Waals surface area contributed by atoms with Gasteiger partial charge in [0.1, 0.15) is 43.2 Å². The normalized spacial score (nSPS) is 22.4. The SMILES string of the molecule is CCCCCCCCCCCCCCCC(=O)O[C@H](COC(=O)CCCCCCCCCN=[N+]=[N-])COP(=O)(O)OC1C(O)[C@H](O)C(OP(=O)(O)O)[C@H](OP(=O)(O)O)[C@@H]1O. The lowest BCUT2D eigenvalue weighted by Crippen LogP contribution is -2.65. The maximum absolute atomic E-state index is 13.0. The van der Waals surface area contributed by atoms with Gasteiger partial charge in [-0.3, -0.25) is 27.7 Å². The van der Waals surface area contributed by atoms with Gasteiger partial charge in [0.2, 0.25) is 0 Å². The van der Waals surface area contributed by atoms with Gasteiger partial charge in [-0.2, -0.15) is 0 Å². The Labute approximate surface area is 351 Å². The van der Waals surface area contributed by atoms with Crippen molar-refractivity contribution >= 4 is 35.4 Å². The van der Waals surface area contributed by atoms with Crippen molar-refractivity contribution in [3.8, 4) is 0 Å². The molecule has 0 heterocycles. The number of phosphoric ester groups is 3. The molecule has 22 nitrogen and oxygen atoms in total. The molecular formula is C35H68N3O19P3. The van der Waals surface area contributed by atoms with Crippen LogP contribution in [0.4, 0.5) is 0 Å². The molecule has 25 heteroatoms. The number of carbonyl (C=O) groups excluding carboxylic acids is 2. The minimum atomic E-state index is -5.60. The van der Waals surface area contributed by atoms with E-state index in [1.807, 2.05) is 0 Å². The smallest absolute Gasteiger partial charge is 0.462 e. The van der Waals surface area contributed by atoms with Crippen molar-refractivity contribution in [3.05, 3.63) is 10.4 Å². The molecule has 60 heavy (non-hydrogen) atoms. The molecule has 1 aliphatic rings. The molecule has 0 radical (unpaired) electrons. The third-order valence-electron chi connectivity index (χ3n) is 9.63. The molecule has 0 amide bonds. The first kappa shape index (κ1) is 56.5. The summed E-state index contributed by atoms with van der Waals surface area (Å²) in [5.41, 5.74) is 8.32. The summed E-state index contributed by atoms with van der Waals surface area (Å²) in [5, 5.41) is 35.2. The Balaban J connectivity index is 2.79. The summed E-state index contributed by atoms with van der Waals surface area (Å²) in [7, 11) is -16.6. The van der Waals surface area contributed by atoms with Crippen LogP contribution in [0.2, 0.25) is 0 Å².